The molecule has 0 N–H and O–H groups in total. The van der Waals surface area contributed by atoms with E-state index < -0.39 is 5.60 Å². The van der Waals surface area contributed by atoms with Gasteiger partial charge in [0.1, 0.15) is 29.5 Å². The molecule has 1 heterocycles. The molecule has 0 radical (unpaired) electrons. The Morgan fingerprint density at radius 3 is 2.53 bits per heavy atom. The van der Waals surface area contributed by atoms with Gasteiger partial charge in [-0.1, -0.05) is 6.07 Å². The van der Waals surface area contributed by atoms with E-state index >= 15 is 0 Å². The number of esters is 1. The number of rotatable bonds is 9. The molecular weight excluding hydrogens is 434 g/mol. The monoisotopic (exact) mass is 471 g/mol. The summed E-state index contributed by atoms with van der Waals surface area (Å²) in [4.78, 5) is 14.3. The van der Waals surface area contributed by atoms with Crippen LogP contribution in [0.4, 0.5) is 0 Å². The minimum Gasteiger partial charge on any atom is -0.497 e. The molecular formula is C27H37NO6. The number of benzene rings is 2. The highest BCUT2D eigenvalue weighted by Crippen LogP contribution is 2.30. The van der Waals surface area contributed by atoms with Gasteiger partial charge in [0.15, 0.2) is 0 Å². The molecule has 0 saturated carbocycles. The number of ether oxygens (including phenoxy) is 5. The molecule has 7 nitrogen and oxygen atoms in total. The molecule has 1 saturated heterocycles. The number of nitrogens with zero attached hydrogens (tertiary/aromatic N) is 1. The van der Waals surface area contributed by atoms with Crippen LogP contribution in [-0.2, 0) is 20.9 Å². The zero-order chi connectivity index (χ0) is 24.7. The zero-order valence-corrected chi connectivity index (χ0v) is 21.2. The molecule has 1 atom stereocenters. The number of morpholine rings is 1. The van der Waals surface area contributed by atoms with Crippen molar-refractivity contribution in [3.05, 3.63) is 53.1 Å². The van der Waals surface area contributed by atoms with Gasteiger partial charge in [-0.05, 0) is 69.2 Å². The predicted molar refractivity (Wildman–Crippen MR) is 131 cm³/mol. The standard InChI is InChI=1S/C27H37NO6/c1-19-15-22(33-18-20-16-21(30-5)8-10-24(20)31-6)7-9-23(19)25-17-28(13-14-32-25)12-11-26(29)34-27(2,3)4/h7-10,15-16,25H,11-14,17-18H2,1-6H3. The molecule has 0 aromatic heterocycles. The van der Waals surface area contributed by atoms with Crippen molar-refractivity contribution in [3.8, 4) is 17.2 Å². The third kappa shape index (κ3) is 7.37. The Labute approximate surface area is 202 Å². The second kappa shape index (κ2) is 11.6. The first-order valence-corrected chi connectivity index (χ1v) is 11.7. The van der Waals surface area contributed by atoms with Crippen molar-refractivity contribution in [1.82, 2.24) is 4.90 Å². The number of carbonyl (C=O) groups excluding carboxylic acids is 1. The fourth-order valence-electron chi connectivity index (χ4n) is 3.99. The van der Waals surface area contributed by atoms with E-state index in [4.69, 9.17) is 23.7 Å². The topological polar surface area (TPSA) is 66.5 Å². The van der Waals surface area contributed by atoms with Crippen LogP contribution in [0, 0.1) is 6.92 Å². The molecule has 1 unspecified atom stereocenters. The van der Waals surface area contributed by atoms with Crippen LogP contribution in [0.25, 0.3) is 0 Å². The van der Waals surface area contributed by atoms with Crippen molar-refractivity contribution < 1.29 is 28.5 Å². The Bertz CT molecular complexity index is 968. The van der Waals surface area contributed by atoms with E-state index in [9.17, 15) is 4.79 Å². The lowest BCUT2D eigenvalue weighted by Crippen LogP contribution is -2.40. The molecule has 1 aliphatic heterocycles. The normalized spacial score (nSPS) is 16.7. The van der Waals surface area contributed by atoms with E-state index in [1.807, 2.05) is 51.1 Å². The lowest BCUT2D eigenvalue weighted by Gasteiger charge is -2.33. The van der Waals surface area contributed by atoms with Gasteiger partial charge in [-0.15, -0.1) is 0 Å². The summed E-state index contributed by atoms with van der Waals surface area (Å²) in [6, 6.07) is 11.7. The first-order chi connectivity index (χ1) is 16.2. The molecule has 1 fully saturated rings. The Morgan fingerprint density at radius 1 is 1.09 bits per heavy atom. The van der Waals surface area contributed by atoms with E-state index in [2.05, 4.69) is 17.9 Å². The van der Waals surface area contributed by atoms with Crippen LogP contribution >= 0.6 is 0 Å². The minimum atomic E-state index is -0.455. The Balaban J connectivity index is 1.58. The van der Waals surface area contributed by atoms with Gasteiger partial charge >= 0.3 is 5.97 Å². The highest BCUT2D eigenvalue weighted by molar-refractivity contribution is 5.70. The molecule has 186 valence electrons. The zero-order valence-electron chi connectivity index (χ0n) is 21.2. The van der Waals surface area contributed by atoms with Gasteiger partial charge in [0.2, 0.25) is 0 Å². The summed E-state index contributed by atoms with van der Waals surface area (Å²) in [5.41, 5.74) is 2.70. The van der Waals surface area contributed by atoms with E-state index in [1.54, 1.807) is 14.2 Å². The molecule has 0 aliphatic carbocycles. The minimum absolute atomic E-state index is 0.0417. The Hall–Kier alpha value is -2.77. The first kappa shape index (κ1) is 25.8. The van der Waals surface area contributed by atoms with Gasteiger partial charge in [0.25, 0.3) is 0 Å². The molecule has 1 aliphatic rings. The van der Waals surface area contributed by atoms with Crippen molar-refractivity contribution in [2.45, 2.75) is 52.4 Å². The van der Waals surface area contributed by atoms with Gasteiger partial charge < -0.3 is 23.7 Å². The van der Waals surface area contributed by atoms with E-state index in [0.29, 0.717) is 26.2 Å². The van der Waals surface area contributed by atoms with E-state index in [-0.39, 0.29) is 12.1 Å². The number of carbonyl (C=O) groups is 1. The van der Waals surface area contributed by atoms with Crippen LogP contribution in [0.5, 0.6) is 17.2 Å². The Kier molecular flexibility index (Phi) is 8.80. The number of hydrogen-bond donors (Lipinski definition) is 0. The largest absolute Gasteiger partial charge is 0.497 e. The summed E-state index contributed by atoms with van der Waals surface area (Å²) < 4.78 is 28.3. The number of aryl methyl sites for hydroxylation is 1. The average Bonchev–Trinajstić information content (AvgIpc) is 2.80. The van der Waals surface area contributed by atoms with Crippen molar-refractivity contribution in [3.63, 3.8) is 0 Å². The summed E-state index contributed by atoms with van der Waals surface area (Å²) in [6.07, 6.45) is 0.337. The lowest BCUT2D eigenvalue weighted by molar-refractivity contribution is -0.155. The van der Waals surface area contributed by atoms with Crippen LogP contribution in [0.3, 0.4) is 0 Å². The molecule has 2 aromatic carbocycles. The maximum absolute atomic E-state index is 12.1. The maximum Gasteiger partial charge on any atom is 0.307 e. The van der Waals surface area contributed by atoms with E-state index in [0.717, 1.165) is 47.0 Å². The van der Waals surface area contributed by atoms with Crippen molar-refractivity contribution >= 4 is 5.97 Å². The lowest BCUT2D eigenvalue weighted by atomic mass is 10.0. The average molecular weight is 472 g/mol. The van der Waals surface area contributed by atoms with Crippen LogP contribution in [0.15, 0.2) is 36.4 Å². The van der Waals surface area contributed by atoms with Gasteiger partial charge in [-0.3, -0.25) is 9.69 Å². The number of methoxy groups -OCH3 is 2. The summed E-state index contributed by atoms with van der Waals surface area (Å²) in [7, 11) is 3.28. The van der Waals surface area contributed by atoms with Crippen molar-refractivity contribution in [1.29, 1.82) is 0 Å². The van der Waals surface area contributed by atoms with Gasteiger partial charge in [-0.2, -0.15) is 0 Å². The van der Waals surface area contributed by atoms with Gasteiger partial charge in [0, 0.05) is 25.2 Å². The van der Waals surface area contributed by atoms with Gasteiger partial charge in [-0.25, -0.2) is 0 Å². The smallest absolute Gasteiger partial charge is 0.307 e. The van der Waals surface area contributed by atoms with Crippen LogP contribution < -0.4 is 14.2 Å². The van der Waals surface area contributed by atoms with E-state index in [1.165, 1.54) is 0 Å². The van der Waals surface area contributed by atoms with Crippen LogP contribution in [0.1, 0.15) is 50.0 Å². The fraction of sp³-hybridized carbons (Fsp3) is 0.519. The first-order valence-electron chi connectivity index (χ1n) is 11.7. The molecule has 7 heteroatoms. The van der Waals surface area contributed by atoms with Gasteiger partial charge in [0.05, 0.1) is 33.4 Å². The highest BCUT2D eigenvalue weighted by atomic mass is 16.6. The third-order valence-corrected chi connectivity index (χ3v) is 5.67. The maximum atomic E-state index is 12.1. The summed E-state index contributed by atoms with van der Waals surface area (Å²) in [5, 5.41) is 0. The molecule has 2 aromatic rings. The number of hydrogen-bond acceptors (Lipinski definition) is 7. The molecule has 0 bridgehead atoms. The third-order valence-electron chi connectivity index (χ3n) is 5.67. The molecule has 0 amide bonds. The summed E-state index contributed by atoms with van der Waals surface area (Å²) >= 11 is 0. The SMILES string of the molecule is COc1ccc(OC)c(COc2ccc(C3CN(CCC(=O)OC(C)(C)C)CCO3)c(C)c2)c1. The second-order valence-electron chi connectivity index (χ2n) is 9.48. The summed E-state index contributed by atoms with van der Waals surface area (Å²) in [5.74, 6) is 2.14. The quantitative estimate of drug-likeness (QED) is 0.491. The Morgan fingerprint density at radius 2 is 1.85 bits per heavy atom. The van der Waals surface area contributed by atoms with Crippen molar-refractivity contribution in [2.24, 2.45) is 0 Å². The van der Waals surface area contributed by atoms with Crippen molar-refractivity contribution in [2.75, 3.05) is 40.5 Å². The van der Waals surface area contributed by atoms with Crippen LogP contribution in [-0.4, -0.2) is 56.9 Å². The predicted octanol–water partition coefficient (Wildman–Crippen LogP) is 4.70. The molecule has 3 rings (SSSR count). The highest BCUT2D eigenvalue weighted by Gasteiger charge is 2.25. The second-order valence-corrected chi connectivity index (χ2v) is 9.48. The fourth-order valence-corrected chi connectivity index (χ4v) is 3.99. The summed E-state index contributed by atoms with van der Waals surface area (Å²) in [6.45, 7) is 10.9. The van der Waals surface area contributed by atoms with Crippen LogP contribution in [0.2, 0.25) is 0 Å². The molecule has 34 heavy (non-hydrogen) atoms. The molecule has 0 spiro atoms.